The first kappa shape index (κ1) is 17.6. The third kappa shape index (κ3) is 4.55. The molecular formula is C14H26N2O2S2. The molecule has 6 heteroatoms. The second kappa shape index (κ2) is 8.12. The van der Waals surface area contributed by atoms with Gasteiger partial charge in [-0.3, -0.25) is 0 Å². The lowest BCUT2D eigenvalue weighted by molar-refractivity contribution is 0.418. The van der Waals surface area contributed by atoms with Crippen LogP contribution in [0.1, 0.15) is 45.4 Å². The van der Waals surface area contributed by atoms with Gasteiger partial charge in [0.1, 0.15) is 0 Å². The van der Waals surface area contributed by atoms with Crippen LogP contribution in [0.5, 0.6) is 0 Å². The van der Waals surface area contributed by atoms with Crippen LogP contribution in [0.2, 0.25) is 0 Å². The summed E-state index contributed by atoms with van der Waals surface area (Å²) < 4.78 is 27.0. The summed E-state index contributed by atoms with van der Waals surface area (Å²) in [5, 5.41) is 5.15. The Bertz CT molecular complexity index is 495. The maximum Gasteiger partial charge on any atom is 0.244 e. The van der Waals surface area contributed by atoms with Gasteiger partial charge in [-0.2, -0.15) is 4.31 Å². The van der Waals surface area contributed by atoms with E-state index in [1.54, 1.807) is 10.4 Å². The molecule has 1 aromatic rings. The zero-order valence-corrected chi connectivity index (χ0v) is 14.5. The summed E-state index contributed by atoms with van der Waals surface area (Å²) in [7, 11) is -3.35. The van der Waals surface area contributed by atoms with Crippen LogP contribution >= 0.6 is 11.3 Å². The highest BCUT2D eigenvalue weighted by molar-refractivity contribution is 7.89. The standard InChI is InChI=1S/C14H26N2O2S2/c1-5-7-9-16(6-2)20(17,18)14-8-10-19-13(14)11-15-12(3)4/h8,10,12,15H,5-7,9,11H2,1-4H3. The summed E-state index contributed by atoms with van der Waals surface area (Å²) in [6, 6.07) is 2.07. The van der Waals surface area contributed by atoms with Crippen molar-refractivity contribution in [3.8, 4) is 0 Å². The maximum atomic E-state index is 12.7. The van der Waals surface area contributed by atoms with Gasteiger partial charge in [0.25, 0.3) is 0 Å². The Morgan fingerprint density at radius 1 is 1.35 bits per heavy atom. The van der Waals surface area contributed by atoms with Crippen molar-refractivity contribution in [1.29, 1.82) is 0 Å². The molecule has 116 valence electrons. The van der Waals surface area contributed by atoms with Gasteiger partial charge in [-0.25, -0.2) is 8.42 Å². The molecule has 0 spiro atoms. The molecule has 0 amide bonds. The second-order valence-corrected chi connectivity index (χ2v) is 8.00. The first-order valence-electron chi connectivity index (χ1n) is 7.23. The van der Waals surface area contributed by atoms with Gasteiger partial charge in [0.05, 0.1) is 4.90 Å². The van der Waals surface area contributed by atoms with Crippen molar-refractivity contribution in [2.45, 2.75) is 58.0 Å². The molecule has 0 saturated heterocycles. The minimum atomic E-state index is -3.35. The highest BCUT2D eigenvalue weighted by Crippen LogP contribution is 2.25. The van der Waals surface area contributed by atoms with Crippen LogP contribution in [0.3, 0.4) is 0 Å². The molecule has 0 saturated carbocycles. The smallest absolute Gasteiger partial charge is 0.244 e. The highest BCUT2D eigenvalue weighted by atomic mass is 32.2. The predicted molar refractivity (Wildman–Crippen MR) is 85.6 cm³/mol. The third-order valence-electron chi connectivity index (χ3n) is 3.11. The Kier molecular flexibility index (Phi) is 7.15. The zero-order chi connectivity index (χ0) is 15.2. The Morgan fingerprint density at radius 3 is 2.60 bits per heavy atom. The first-order valence-corrected chi connectivity index (χ1v) is 9.55. The van der Waals surface area contributed by atoms with Gasteiger partial charge in [0.15, 0.2) is 0 Å². The Hall–Kier alpha value is -0.430. The minimum absolute atomic E-state index is 0.343. The van der Waals surface area contributed by atoms with Gasteiger partial charge in [0.2, 0.25) is 10.0 Å². The Morgan fingerprint density at radius 2 is 2.05 bits per heavy atom. The van der Waals surface area contributed by atoms with Crippen LogP contribution in [-0.4, -0.2) is 31.9 Å². The van der Waals surface area contributed by atoms with E-state index in [0.717, 1.165) is 17.7 Å². The molecule has 0 aliphatic carbocycles. The molecule has 0 aliphatic heterocycles. The molecule has 0 atom stereocenters. The van der Waals surface area contributed by atoms with Crippen molar-refractivity contribution < 1.29 is 8.42 Å². The van der Waals surface area contributed by atoms with Crippen molar-refractivity contribution >= 4 is 21.4 Å². The lowest BCUT2D eigenvalue weighted by Gasteiger charge is -2.20. The van der Waals surface area contributed by atoms with E-state index in [0.29, 0.717) is 30.6 Å². The summed E-state index contributed by atoms with van der Waals surface area (Å²) in [5.74, 6) is 0. The molecule has 1 N–H and O–H groups in total. The molecule has 1 rings (SSSR count). The number of rotatable bonds is 9. The Balaban J connectivity index is 2.93. The summed E-state index contributed by atoms with van der Waals surface area (Å²) in [5.41, 5.74) is 0. The lowest BCUT2D eigenvalue weighted by Crippen LogP contribution is -2.32. The normalized spacial score (nSPS) is 12.5. The van der Waals surface area contributed by atoms with E-state index in [9.17, 15) is 8.42 Å². The molecule has 0 fully saturated rings. The monoisotopic (exact) mass is 318 g/mol. The van der Waals surface area contributed by atoms with Crippen molar-refractivity contribution in [3.05, 3.63) is 16.3 Å². The molecule has 0 bridgehead atoms. The van der Waals surface area contributed by atoms with Crippen LogP contribution in [0.4, 0.5) is 0 Å². The van der Waals surface area contributed by atoms with Gasteiger partial charge in [-0.05, 0) is 17.9 Å². The van der Waals surface area contributed by atoms with E-state index in [2.05, 4.69) is 26.1 Å². The molecule has 4 nitrogen and oxygen atoms in total. The fourth-order valence-electron chi connectivity index (χ4n) is 1.91. The molecule has 0 radical (unpaired) electrons. The predicted octanol–water partition coefficient (Wildman–Crippen LogP) is 3.06. The number of hydrogen-bond donors (Lipinski definition) is 1. The summed E-state index contributed by atoms with van der Waals surface area (Å²) in [6.07, 6.45) is 1.90. The second-order valence-electron chi connectivity index (χ2n) is 5.09. The van der Waals surface area contributed by atoms with E-state index in [4.69, 9.17) is 0 Å². The maximum absolute atomic E-state index is 12.7. The van der Waals surface area contributed by atoms with Crippen LogP contribution in [0.25, 0.3) is 0 Å². The molecule has 0 aliphatic rings. The summed E-state index contributed by atoms with van der Waals surface area (Å²) >= 11 is 1.50. The van der Waals surface area contributed by atoms with Gasteiger partial charge in [-0.15, -0.1) is 11.3 Å². The highest BCUT2D eigenvalue weighted by Gasteiger charge is 2.26. The zero-order valence-electron chi connectivity index (χ0n) is 12.8. The van der Waals surface area contributed by atoms with E-state index in [1.807, 2.05) is 12.3 Å². The van der Waals surface area contributed by atoms with E-state index >= 15 is 0 Å². The Labute approximate surface area is 127 Å². The van der Waals surface area contributed by atoms with E-state index in [-0.39, 0.29) is 0 Å². The van der Waals surface area contributed by atoms with Crippen molar-refractivity contribution in [2.24, 2.45) is 0 Å². The SMILES string of the molecule is CCCCN(CC)S(=O)(=O)c1ccsc1CNC(C)C. The van der Waals surface area contributed by atoms with Gasteiger partial charge in [0, 0.05) is 30.6 Å². The lowest BCUT2D eigenvalue weighted by atomic mass is 10.3. The van der Waals surface area contributed by atoms with Gasteiger partial charge >= 0.3 is 0 Å². The topological polar surface area (TPSA) is 49.4 Å². The number of thiophene rings is 1. The molecular weight excluding hydrogens is 292 g/mol. The largest absolute Gasteiger partial charge is 0.310 e. The molecule has 0 unspecified atom stereocenters. The minimum Gasteiger partial charge on any atom is -0.310 e. The van der Waals surface area contributed by atoms with Crippen molar-refractivity contribution in [2.75, 3.05) is 13.1 Å². The number of unbranched alkanes of at least 4 members (excludes halogenated alkanes) is 1. The molecule has 1 heterocycles. The molecule has 1 aromatic heterocycles. The average molecular weight is 319 g/mol. The van der Waals surface area contributed by atoms with Crippen molar-refractivity contribution in [1.82, 2.24) is 9.62 Å². The van der Waals surface area contributed by atoms with Crippen LogP contribution in [0, 0.1) is 0 Å². The molecule has 0 aromatic carbocycles. The van der Waals surface area contributed by atoms with E-state index in [1.165, 1.54) is 11.3 Å². The quantitative estimate of drug-likeness (QED) is 0.761. The molecule has 20 heavy (non-hydrogen) atoms. The van der Waals surface area contributed by atoms with Crippen LogP contribution in [-0.2, 0) is 16.6 Å². The summed E-state index contributed by atoms with van der Waals surface area (Å²) in [4.78, 5) is 1.36. The number of nitrogens with one attached hydrogen (secondary N) is 1. The van der Waals surface area contributed by atoms with Gasteiger partial charge < -0.3 is 5.32 Å². The fraction of sp³-hybridized carbons (Fsp3) is 0.714. The van der Waals surface area contributed by atoms with Crippen LogP contribution < -0.4 is 5.32 Å². The van der Waals surface area contributed by atoms with Gasteiger partial charge in [-0.1, -0.05) is 34.1 Å². The third-order valence-corrected chi connectivity index (χ3v) is 6.22. The number of nitrogens with zero attached hydrogens (tertiary/aromatic N) is 1. The average Bonchev–Trinajstić information content (AvgIpc) is 2.86. The van der Waals surface area contributed by atoms with Crippen LogP contribution in [0.15, 0.2) is 16.3 Å². The van der Waals surface area contributed by atoms with Crippen molar-refractivity contribution in [3.63, 3.8) is 0 Å². The fourth-order valence-corrected chi connectivity index (χ4v) is 4.76. The summed E-state index contributed by atoms with van der Waals surface area (Å²) in [6.45, 7) is 9.81. The van der Waals surface area contributed by atoms with E-state index < -0.39 is 10.0 Å². The first-order chi connectivity index (χ1) is 9.43. The number of sulfonamides is 1. The number of hydrogen-bond acceptors (Lipinski definition) is 4.